The van der Waals surface area contributed by atoms with E-state index in [0.717, 1.165) is 15.6 Å². The fourth-order valence-electron chi connectivity index (χ4n) is 3.11. The number of rotatable bonds is 3. The number of carbonyl (C=O) groups excluding carboxylic acids is 1. The van der Waals surface area contributed by atoms with Crippen LogP contribution >= 0.6 is 47.1 Å². The highest BCUT2D eigenvalue weighted by atomic mass is 32.2. The Kier molecular flexibility index (Phi) is 5.26. The maximum absolute atomic E-state index is 13.2. The molecule has 0 saturated carbocycles. The van der Waals surface area contributed by atoms with Gasteiger partial charge in [0.15, 0.2) is 0 Å². The number of hydrogen-bond donors (Lipinski definition) is 0. The first-order valence-corrected chi connectivity index (χ1v) is 11.5. The Balaban J connectivity index is 2.00. The maximum Gasteiger partial charge on any atom is 0.272 e. The Morgan fingerprint density at radius 1 is 1.21 bits per heavy atom. The van der Waals surface area contributed by atoms with Crippen LogP contribution in [-0.4, -0.2) is 33.3 Å². The molecule has 4 rings (SSSR count). The predicted molar refractivity (Wildman–Crippen MR) is 123 cm³/mol. The summed E-state index contributed by atoms with van der Waals surface area (Å²) in [5.74, 6) is -0.135. The van der Waals surface area contributed by atoms with Gasteiger partial charge in [0.2, 0.25) is 0 Å². The summed E-state index contributed by atoms with van der Waals surface area (Å²) in [7, 11) is 1.96. The van der Waals surface area contributed by atoms with E-state index >= 15 is 0 Å². The van der Waals surface area contributed by atoms with Crippen molar-refractivity contribution in [1.29, 1.82) is 0 Å². The van der Waals surface area contributed by atoms with E-state index in [4.69, 9.17) is 12.2 Å². The molecule has 0 bridgehead atoms. The van der Waals surface area contributed by atoms with Gasteiger partial charge in [0.25, 0.3) is 11.5 Å². The van der Waals surface area contributed by atoms with Crippen LogP contribution in [0.25, 0.3) is 9.93 Å². The van der Waals surface area contributed by atoms with Gasteiger partial charge in [-0.1, -0.05) is 54.0 Å². The second-order valence-electron chi connectivity index (χ2n) is 6.12. The zero-order chi connectivity index (χ0) is 20.0. The summed E-state index contributed by atoms with van der Waals surface area (Å²) in [6, 6.07) is 8.05. The van der Waals surface area contributed by atoms with Crippen LogP contribution in [0.2, 0.25) is 0 Å². The van der Waals surface area contributed by atoms with Crippen molar-refractivity contribution in [1.82, 2.24) is 9.47 Å². The number of allylic oxidation sites excluding steroid dienone is 1. The van der Waals surface area contributed by atoms with Crippen molar-refractivity contribution in [2.24, 2.45) is 0 Å². The van der Waals surface area contributed by atoms with Crippen molar-refractivity contribution in [3.8, 4) is 0 Å². The van der Waals surface area contributed by atoms with E-state index in [1.807, 2.05) is 43.1 Å². The number of thiocarbonyl (C=S) groups is 1. The monoisotopic (exact) mass is 447 g/mol. The first-order chi connectivity index (χ1) is 13.5. The zero-order valence-electron chi connectivity index (χ0n) is 15.3. The van der Waals surface area contributed by atoms with Gasteiger partial charge in [-0.3, -0.25) is 19.1 Å². The molecule has 0 spiro atoms. The van der Waals surface area contributed by atoms with Crippen molar-refractivity contribution in [3.63, 3.8) is 0 Å². The van der Waals surface area contributed by atoms with Gasteiger partial charge in [0.1, 0.15) is 23.4 Å². The van der Waals surface area contributed by atoms with Gasteiger partial charge >= 0.3 is 0 Å². The minimum atomic E-state index is -0.135. The zero-order valence-corrected chi connectivity index (χ0v) is 18.6. The van der Waals surface area contributed by atoms with Crippen molar-refractivity contribution < 1.29 is 4.79 Å². The van der Waals surface area contributed by atoms with Crippen LogP contribution in [0, 0.1) is 0 Å². The molecule has 1 aromatic carbocycles. The lowest BCUT2D eigenvalue weighted by atomic mass is 10.3. The molecular weight excluding hydrogens is 430 g/mol. The lowest BCUT2D eigenvalue weighted by Gasteiger charge is -2.11. The van der Waals surface area contributed by atoms with Gasteiger partial charge < -0.3 is 4.90 Å². The Labute approximate surface area is 180 Å². The number of thiazole rings is 1. The molecule has 2 aliphatic rings. The molecule has 0 aliphatic carbocycles. The number of anilines is 1. The van der Waals surface area contributed by atoms with Crippen LogP contribution in [-0.2, 0) is 11.3 Å². The highest BCUT2D eigenvalue weighted by Gasteiger charge is 2.33. The molecule has 0 radical (unpaired) electrons. The largest absolute Gasteiger partial charge is 0.337 e. The Morgan fingerprint density at radius 3 is 2.61 bits per heavy atom. The van der Waals surface area contributed by atoms with Gasteiger partial charge in [-0.25, -0.2) is 0 Å². The first-order valence-electron chi connectivity index (χ1n) is 8.61. The van der Waals surface area contributed by atoms with Crippen molar-refractivity contribution in [2.45, 2.75) is 18.4 Å². The lowest BCUT2D eigenvalue weighted by molar-refractivity contribution is -0.120. The number of fused-ring (bicyclic) bond motifs is 1. The Bertz CT molecular complexity index is 1190. The molecule has 1 amide bonds. The SMILES string of the molecule is C=CCn1c(=O)/c(=C2/Sc3ccccc3N2C)s/c1=C1\SC(=S)N(CC)C1=O. The normalized spacial score (nSPS) is 20.2. The Hall–Kier alpha value is -1.81. The van der Waals surface area contributed by atoms with Crippen LogP contribution in [0.3, 0.4) is 0 Å². The van der Waals surface area contributed by atoms with Gasteiger partial charge in [-0.05, 0) is 19.1 Å². The molecule has 144 valence electrons. The van der Waals surface area contributed by atoms with Crippen LogP contribution in [0.15, 0.2) is 46.6 Å². The molecule has 28 heavy (non-hydrogen) atoms. The molecule has 2 aromatic rings. The van der Waals surface area contributed by atoms with E-state index in [9.17, 15) is 9.59 Å². The fourth-order valence-corrected chi connectivity index (χ4v) is 7.11. The van der Waals surface area contributed by atoms with Crippen LogP contribution in [0.5, 0.6) is 0 Å². The number of amides is 1. The van der Waals surface area contributed by atoms with Crippen LogP contribution < -0.4 is 19.7 Å². The number of carbonyl (C=O) groups is 1. The third-order valence-corrected chi connectivity index (χ3v) is 8.61. The van der Waals surface area contributed by atoms with Gasteiger partial charge in [-0.2, -0.15) is 0 Å². The standard InChI is InChI=1S/C19H17N3O2S4/c1-4-10-22-16(24)13(17-20(3)11-8-6-7-9-12(11)26-17)27-18(22)14-15(23)21(5-2)19(25)28-14/h4,6-9H,1,5,10H2,2-3H3/b17-13-,18-14-. The van der Waals surface area contributed by atoms with Gasteiger partial charge in [-0.15, -0.1) is 17.9 Å². The summed E-state index contributed by atoms with van der Waals surface area (Å²) in [5, 5.41) is 0.881. The van der Waals surface area contributed by atoms with E-state index in [1.165, 1.54) is 23.1 Å². The van der Waals surface area contributed by atoms with Crippen molar-refractivity contribution in [2.75, 3.05) is 18.5 Å². The topological polar surface area (TPSA) is 45.6 Å². The summed E-state index contributed by atoms with van der Waals surface area (Å²) < 4.78 is 3.43. The highest BCUT2D eigenvalue weighted by molar-refractivity contribution is 8.30. The molecule has 3 heterocycles. The number of para-hydroxylation sites is 1. The molecule has 9 heteroatoms. The summed E-state index contributed by atoms with van der Waals surface area (Å²) in [4.78, 5) is 31.3. The smallest absolute Gasteiger partial charge is 0.272 e. The second kappa shape index (κ2) is 7.55. The van der Waals surface area contributed by atoms with Crippen LogP contribution in [0.1, 0.15) is 6.92 Å². The van der Waals surface area contributed by atoms with E-state index in [-0.39, 0.29) is 11.5 Å². The first kappa shape index (κ1) is 19.5. The van der Waals surface area contributed by atoms with Crippen molar-refractivity contribution in [3.05, 3.63) is 56.5 Å². The molecule has 5 nitrogen and oxygen atoms in total. The van der Waals surface area contributed by atoms with E-state index in [2.05, 4.69) is 6.58 Å². The molecule has 2 aliphatic heterocycles. The molecule has 0 atom stereocenters. The van der Waals surface area contributed by atoms with E-state index in [1.54, 1.807) is 27.3 Å². The summed E-state index contributed by atoms with van der Waals surface area (Å²) in [6.07, 6.45) is 1.67. The Morgan fingerprint density at radius 2 is 1.96 bits per heavy atom. The van der Waals surface area contributed by atoms with Crippen LogP contribution in [0.4, 0.5) is 5.69 Å². The molecule has 0 N–H and O–H groups in total. The summed E-state index contributed by atoms with van der Waals surface area (Å²) in [5.41, 5.74) is 0.966. The predicted octanol–water partition coefficient (Wildman–Crippen LogP) is 2.39. The van der Waals surface area contributed by atoms with Crippen molar-refractivity contribution >= 4 is 72.9 Å². The molecule has 0 unspecified atom stereocenters. The fraction of sp³-hybridized carbons (Fsp3) is 0.211. The molecule has 1 saturated heterocycles. The minimum Gasteiger partial charge on any atom is -0.337 e. The van der Waals surface area contributed by atoms with Gasteiger partial charge in [0, 0.05) is 25.0 Å². The number of benzene rings is 1. The number of aromatic nitrogens is 1. The summed E-state index contributed by atoms with van der Waals surface area (Å²) >= 11 is 9.53. The quantitative estimate of drug-likeness (QED) is 0.532. The second-order valence-corrected chi connectivity index (χ2v) is 9.80. The van der Waals surface area contributed by atoms with E-state index < -0.39 is 0 Å². The number of thioether (sulfide) groups is 2. The number of hydrogen-bond acceptors (Lipinski definition) is 7. The average Bonchev–Trinajstić information content (AvgIpc) is 3.28. The molecule has 1 fully saturated rings. The molecular formula is C19H17N3O2S4. The maximum atomic E-state index is 13.2. The highest BCUT2D eigenvalue weighted by Crippen LogP contribution is 2.45. The summed E-state index contributed by atoms with van der Waals surface area (Å²) in [6.45, 7) is 6.52. The minimum absolute atomic E-state index is 0.108. The van der Waals surface area contributed by atoms with Gasteiger partial charge in [0.05, 0.1) is 5.69 Å². The third kappa shape index (κ3) is 2.97. The third-order valence-electron chi connectivity index (χ3n) is 4.49. The molecule has 1 aromatic heterocycles. The average molecular weight is 448 g/mol. The number of nitrogens with zero attached hydrogens (tertiary/aromatic N) is 3. The van der Waals surface area contributed by atoms with E-state index in [0.29, 0.717) is 31.5 Å². The lowest BCUT2D eigenvalue weighted by Crippen LogP contribution is -2.34.